The highest BCUT2D eigenvalue weighted by Crippen LogP contribution is 2.35. The molecule has 2 heterocycles. The predicted molar refractivity (Wildman–Crippen MR) is 140 cm³/mol. The summed E-state index contributed by atoms with van der Waals surface area (Å²) in [7, 11) is 0. The van der Waals surface area contributed by atoms with E-state index < -0.39 is 0 Å². The third-order valence-corrected chi connectivity index (χ3v) is 7.27. The van der Waals surface area contributed by atoms with Crippen LogP contribution in [0, 0.1) is 6.92 Å². The number of aromatic nitrogens is 1. The molecule has 0 aliphatic carbocycles. The van der Waals surface area contributed by atoms with Crippen LogP contribution in [0.15, 0.2) is 72.1 Å². The largest absolute Gasteiger partial charge is 0.366 e. The molecule has 0 saturated carbocycles. The van der Waals surface area contributed by atoms with E-state index in [-0.39, 0.29) is 5.91 Å². The van der Waals surface area contributed by atoms with Gasteiger partial charge < -0.3 is 10.3 Å². The molecule has 0 fully saturated rings. The molecule has 2 aromatic heterocycles. The quantitative estimate of drug-likeness (QED) is 0.251. The first-order valence-corrected chi connectivity index (χ1v) is 12.7. The van der Waals surface area contributed by atoms with Gasteiger partial charge >= 0.3 is 0 Å². The number of carbonyl (C=O) groups excluding carboxylic acids is 1. The Kier molecular flexibility index (Phi) is 7.46. The number of nitrogens with zero attached hydrogens (tertiary/aromatic N) is 1. The van der Waals surface area contributed by atoms with E-state index in [0.29, 0.717) is 5.56 Å². The van der Waals surface area contributed by atoms with Crippen LogP contribution in [0.25, 0.3) is 22.3 Å². The first-order valence-electron chi connectivity index (χ1n) is 11.8. The lowest BCUT2D eigenvalue weighted by Gasteiger charge is -2.13. The molecule has 4 rings (SSSR count). The van der Waals surface area contributed by atoms with Crippen molar-refractivity contribution in [3.8, 4) is 22.3 Å². The van der Waals surface area contributed by atoms with Crippen LogP contribution in [-0.2, 0) is 19.4 Å². The highest BCUT2D eigenvalue weighted by molar-refractivity contribution is 7.09. The Balaban J connectivity index is 1.77. The minimum Gasteiger partial charge on any atom is -0.366 e. The third kappa shape index (κ3) is 5.12. The molecule has 4 aromatic rings. The molecule has 33 heavy (non-hydrogen) atoms. The summed E-state index contributed by atoms with van der Waals surface area (Å²) in [4.78, 5) is 14.0. The van der Waals surface area contributed by atoms with Crippen molar-refractivity contribution in [3.05, 3.63) is 93.9 Å². The maximum absolute atomic E-state index is 12.6. The fraction of sp³-hybridized carbons (Fsp3) is 0.276. The van der Waals surface area contributed by atoms with Gasteiger partial charge in [-0.05, 0) is 54.3 Å². The van der Waals surface area contributed by atoms with Crippen LogP contribution in [-0.4, -0.2) is 10.5 Å². The van der Waals surface area contributed by atoms with Crippen molar-refractivity contribution in [2.45, 2.75) is 52.5 Å². The number of benzene rings is 2. The van der Waals surface area contributed by atoms with Gasteiger partial charge in [0.25, 0.3) is 5.91 Å². The molecule has 0 saturated heterocycles. The van der Waals surface area contributed by atoms with E-state index in [1.807, 2.05) is 13.0 Å². The van der Waals surface area contributed by atoms with Crippen molar-refractivity contribution in [2.24, 2.45) is 5.73 Å². The van der Waals surface area contributed by atoms with Crippen molar-refractivity contribution >= 4 is 17.2 Å². The number of hydrogen-bond acceptors (Lipinski definition) is 2. The van der Waals surface area contributed by atoms with Gasteiger partial charge in [0.15, 0.2) is 0 Å². The zero-order valence-electron chi connectivity index (χ0n) is 19.5. The smallest absolute Gasteiger partial charge is 0.251 e. The molecule has 0 atom stereocenters. The number of nitrogens with two attached hydrogens (primary N) is 1. The molecule has 0 spiro atoms. The minimum atomic E-state index is -0.346. The Bertz CT molecular complexity index is 1190. The van der Waals surface area contributed by atoms with Gasteiger partial charge in [0.2, 0.25) is 0 Å². The van der Waals surface area contributed by atoms with Crippen LogP contribution in [0.4, 0.5) is 0 Å². The van der Waals surface area contributed by atoms with Crippen LogP contribution in [0.3, 0.4) is 0 Å². The number of aryl methyl sites for hydroxylation is 1. The van der Waals surface area contributed by atoms with Crippen molar-refractivity contribution in [3.63, 3.8) is 0 Å². The van der Waals surface area contributed by atoms with Gasteiger partial charge in [-0.1, -0.05) is 80.4 Å². The summed E-state index contributed by atoms with van der Waals surface area (Å²) in [6.07, 6.45) is 5.35. The van der Waals surface area contributed by atoms with E-state index in [0.717, 1.165) is 42.6 Å². The number of carbonyl (C=O) groups is 1. The summed E-state index contributed by atoms with van der Waals surface area (Å²) in [6.45, 7) is 5.12. The number of thiophene rings is 1. The molecule has 0 bridgehead atoms. The standard InChI is InChI=1S/C29H32N2OS/c1-3-4-6-13-26-28(24-16-14-23(15-17-24)22-10-7-5-8-11-22)27(29(30)32)21(2)31(26)19-18-25-12-9-20-33-25/h5,7-12,14-17,20H,3-4,6,13,18-19H2,1-2H3,(H2,30,32). The summed E-state index contributed by atoms with van der Waals surface area (Å²) in [5.74, 6) is -0.346. The van der Waals surface area contributed by atoms with Crippen molar-refractivity contribution < 1.29 is 4.79 Å². The molecule has 1 amide bonds. The zero-order valence-corrected chi connectivity index (χ0v) is 20.3. The van der Waals surface area contributed by atoms with E-state index in [4.69, 9.17) is 5.73 Å². The molecule has 3 nitrogen and oxygen atoms in total. The molecule has 2 aromatic carbocycles. The third-order valence-electron chi connectivity index (χ3n) is 6.34. The maximum Gasteiger partial charge on any atom is 0.251 e. The topological polar surface area (TPSA) is 48.0 Å². The molecule has 4 heteroatoms. The van der Waals surface area contributed by atoms with Gasteiger partial charge in [0.1, 0.15) is 0 Å². The Morgan fingerprint density at radius 2 is 1.58 bits per heavy atom. The highest BCUT2D eigenvalue weighted by atomic mass is 32.1. The monoisotopic (exact) mass is 456 g/mol. The Morgan fingerprint density at radius 1 is 0.879 bits per heavy atom. The average molecular weight is 457 g/mol. The molecule has 2 N–H and O–H groups in total. The van der Waals surface area contributed by atoms with Gasteiger partial charge in [-0.3, -0.25) is 4.79 Å². The van der Waals surface area contributed by atoms with Crippen LogP contribution >= 0.6 is 11.3 Å². The van der Waals surface area contributed by atoms with Gasteiger partial charge in [0, 0.05) is 28.4 Å². The molecule has 0 radical (unpaired) electrons. The SMILES string of the molecule is CCCCCc1c(-c2ccc(-c3ccccc3)cc2)c(C(N)=O)c(C)n1CCc1cccs1. The van der Waals surface area contributed by atoms with Gasteiger partial charge in [-0.15, -0.1) is 11.3 Å². The average Bonchev–Trinajstić information content (AvgIpc) is 3.45. The van der Waals surface area contributed by atoms with E-state index in [9.17, 15) is 4.79 Å². The second-order valence-corrected chi connectivity index (χ2v) is 9.56. The summed E-state index contributed by atoms with van der Waals surface area (Å²) in [5.41, 5.74) is 13.3. The number of hydrogen-bond donors (Lipinski definition) is 1. The Hall–Kier alpha value is -3.11. The van der Waals surface area contributed by atoms with E-state index in [1.54, 1.807) is 11.3 Å². The zero-order chi connectivity index (χ0) is 23.2. The second kappa shape index (κ2) is 10.7. The van der Waals surface area contributed by atoms with Crippen LogP contribution in [0.2, 0.25) is 0 Å². The number of amides is 1. The normalized spacial score (nSPS) is 11.1. The van der Waals surface area contributed by atoms with Crippen molar-refractivity contribution in [1.29, 1.82) is 0 Å². The first-order chi connectivity index (χ1) is 16.1. The Labute approximate surface area is 200 Å². The Morgan fingerprint density at radius 3 is 2.21 bits per heavy atom. The van der Waals surface area contributed by atoms with E-state index >= 15 is 0 Å². The maximum atomic E-state index is 12.6. The lowest BCUT2D eigenvalue weighted by molar-refractivity contribution is 0.1000. The molecular weight excluding hydrogens is 424 g/mol. The fourth-order valence-corrected chi connectivity index (χ4v) is 5.35. The van der Waals surface area contributed by atoms with Gasteiger partial charge in [-0.25, -0.2) is 0 Å². The van der Waals surface area contributed by atoms with Crippen molar-refractivity contribution in [2.75, 3.05) is 0 Å². The molecule has 170 valence electrons. The highest BCUT2D eigenvalue weighted by Gasteiger charge is 2.24. The van der Waals surface area contributed by atoms with Crippen LogP contribution in [0.5, 0.6) is 0 Å². The van der Waals surface area contributed by atoms with Gasteiger partial charge in [-0.2, -0.15) is 0 Å². The van der Waals surface area contributed by atoms with Crippen molar-refractivity contribution in [1.82, 2.24) is 4.57 Å². The lowest BCUT2D eigenvalue weighted by Crippen LogP contribution is -2.13. The number of primary amides is 1. The van der Waals surface area contributed by atoms with Crippen LogP contribution < -0.4 is 5.73 Å². The summed E-state index contributed by atoms with van der Waals surface area (Å²) >= 11 is 1.78. The number of unbranched alkanes of at least 4 members (excludes halogenated alkanes) is 2. The predicted octanol–water partition coefficient (Wildman–Crippen LogP) is 7.27. The van der Waals surface area contributed by atoms with Gasteiger partial charge in [0.05, 0.1) is 5.56 Å². The lowest BCUT2D eigenvalue weighted by atomic mass is 9.95. The molecule has 0 unspecified atom stereocenters. The molecular formula is C29H32N2OS. The molecule has 0 aliphatic rings. The summed E-state index contributed by atoms with van der Waals surface area (Å²) in [5, 5.41) is 2.12. The summed E-state index contributed by atoms with van der Waals surface area (Å²) in [6, 6.07) is 23.2. The number of rotatable bonds is 10. The van der Waals surface area contributed by atoms with E-state index in [2.05, 4.69) is 77.5 Å². The molecule has 0 aliphatic heterocycles. The fourth-order valence-electron chi connectivity index (χ4n) is 4.65. The minimum absolute atomic E-state index is 0.346. The van der Waals surface area contributed by atoms with Crippen LogP contribution in [0.1, 0.15) is 52.8 Å². The van der Waals surface area contributed by atoms with E-state index in [1.165, 1.54) is 34.5 Å². The first kappa shape index (κ1) is 23.1. The second-order valence-electron chi connectivity index (χ2n) is 8.53. The summed E-state index contributed by atoms with van der Waals surface area (Å²) < 4.78 is 2.34.